The molecule has 0 amide bonds. The minimum Gasteiger partial charge on any atom is -0.386 e. The molecule has 1 aromatic heterocycles. The van der Waals surface area contributed by atoms with Crippen LogP contribution in [0.4, 0.5) is 0 Å². The third-order valence-corrected chi connectivity index (χ3v) is 6.83. The maximum Gasteiger partial charge on any atom is 0.332 e. The monoisotopic (exact) mass is 496 g/mol. The van der Waals surface area contributed by atoms with Crippen LogP contribution in [0.25, 0.3) is 0 Å². The number of aliphatic hydroxyl groups excluding tert-OH is 1. The van der Waals surface area contributed by atoms with Crippen molar-refractivity contribution < 1.29 is 19.3 Å². The summed E-state index contributed by atoms with van der Waals surface area (Å²) in [6.07, 6.45) is 11.5. The van der Waals surface area contributed by atoms with Crippen molar-refractivity contribution in [3.63, 3.8) is 0 Å². The van der Waals surface area contributed by atoms with Gasteiger partial charge in [0, 0.05) is 25.9 Å². The molecular weight excluding hydrogens is 448 g/mol. The van der Waals surface area contributed by atoms with E-state index >= 15 is 0 Å². The molecule has 0 spiro atoms. The summed E-state index contributed by atoms with van der Waals surface area (Å²) in [5, 5.41) is 11.3. The number of aromatic nitrogens is 2. The Balaban J connectivity index is 2.13. The van der Waals surface area contributed by atoms with E-state index in [1.807, 2.05) is 0 Å². The third-order valence-electron chi connectivity index (χ3n) is 6.83. The van der Waals surface area contributed by atoms with Crippen molar-refractivity contribution in [1.29, 1.82) is 0 Å². The van der Waals surface area contributed by atoms with Crippen molar-refractivity contribution >= 4 is 0 Å². The number of aliphatic hydroxyl groups is 1. The van der Waals surface area contributed by atoms with Crippen molar-refractivity contribution in [2.75, 3.05) is 13.2 Å². The molecule has 2 heterocycles. The van der Waals surface area contributed by atoms with E-state index in [0.717, 1.165) is 62.4 Å². The van der Waals surface area contributed by atoms with Crippen LogP contribution in [0.3, 0.4) is 0 Å². The van der Waals surface area contributed by atoms with E-state index in [2.05, 4.69) is 20.8 Å². The van der Waals surface area contributed by atoms with Gasteiger partial charge in [0.2, 0.25) is 0 Å². The molecule has 1 fully saturated rings. The first kappa shape index (κ1) is 29.7. The van der Waals surface area contributed by atoms with Crippen molar-refractivity contribution in [3.8, 4) is 0 Å². The summed E-state index contributed by atoms with van der Waals surface area (Å²) in [5.41, 5.74) is -0.923. The van der Waals surface area contributed by atoms with Gasteiger partial charge < -0.3 is 19.3 Å². The summed E-state index contributed by atoms with van der Waals surface area (Å²) in [6, 6.07) is 1.31. The first-order valence-corrected chi connectivity index (χ1v) is 13.8. The molecular formula is C27H48N2O6. The highest BCUT2D eigenvalue weighted by Crippen LogP contribution is 2.33. The summed E-state index contributed by atoms with van der Waals surface area (Å²) in [4.78, 5) is 24.6. The lowest BCUT2D eigenvalue weighted by atomic mass is 10.0. The second-order valence-corrected chi connectivity index (χ2v) is 9.81. The minimum absolute atomic E-state index is 0.0249. The Morgan fingerprint density at radius 2 is 1.63 bits per heavy atom. The Morgan fingerprint density at radius 1 is 0.971 bits per heavy atom. The van der Waals surface area contributed by atoms with Crippen LogP contribution in [-0.2, 0) is 21.3 Å². The number of ether oxygens (including phenoxy) is 3. The second kappa shape index (κ2) is 16.3. The Morgan fingerprint density at radius 3 is 2.34 bits per heavy atom. The summed E-state index contributed by atoms with van der Waals surface area (Å²) in [6.45, 7) is 7.47. The second-order valence-electron chi connectivity index (χ2n) is 9.81. The van der Waals surface area contributed by atoms with Crippen LogP contribution in [0.5, 0.6) is 0 Å². The molecule has 8 heteroatoms. The van der Waals surface area contributed by atoms with E-state index < -0.39 is 35.8 Å². The molecule has 5 unspecified atom stereocenters. The van der Waals surface area contributed by atoms with Crippen LogP contribution in [-0.4, -0.2) is 51.9 Å². The van der Waals surface area contributed by atoms with Crippen molar-refractivity contribution in [2.24, 2.45) is 7.05 Å². The van der Waals surface area contributed by atoms with E-state index in [1.54, 1.807) is 0 Å². The molecule has 1 saturated heterocycles. The highest BCUT2D eigenvalue weighted by Gasteiger charge is 2.47. The molecule has 0 radical (unpaired) electrons. The van der Waals surface area contributed by atoms with Gasteiger partial charge in [-0.2, -0.15) is 0 Å². The summed E-state index contributed by atoms with van der Waals surface area (Å²) < 4.78 is 20.9. The van der Waals surface area contributed by atoms with E-state index in [0.29, 0.717) is 13.2 Å². The molecule has 0 bridgehead atoms. The number of hydrogen-bond acceptors (Lipinski definition) is 6. The Labute approximate surface area is 210 Å². The fourth-order valence-electron chi connectivity index (χ4n) is 4.60. The number of rotatable bonds is 18. The molecule has 2 rings (SSSR count). The van der Waals surface area contributed by atoms with Gasteiger partial charge in [0.15, 0.2) is 6.23 Å². The van der Waals surface area contributed by atoms with Crippen molar-refractivity contribution in [2.45, 2.75) is 128 Å². The smallest absolute Gasteiger partial charge is 0.332 e. The quantitative estimate of drug-likeness (QED) is 0.304. The predicted molar refractivity (Wildman–Crippen MR) is 138 cm³/mol. The zero-order valence-corrected chi connectivity index (χ0v) is 22.3. The summed E-state index contributed by atoms with van der Waals surface area (Å²) in [7, 11) is 1.42. The van der Waals surface area contributed by atoms with E-state index in [9.17, 15) is 14.7 Å². The normalized spacial score (nSPS) is 23.1. The molecule has 0 aromatic carbocycles. The summed E-state index contributed by atoms with van der Waals surface area (Å²) >= 11 is 0. The van der Waals surface area contributed by atoms with Gasteiger partial charge >= 0.3 is 5.69 Å². The molecule has 1 aliphatic rings. The van der Waals surface area contributed by atoms with Crippen molar-refractivity contribution in [1.82, 2.24) is 9.13 Å². The highest BCUT2D eigenvalue weighted by atomic mass is 16.6. The number of hydrogen-bond donors (Lipinski definition) is 1. The lowest BCUT2D eigenvalue weighted by Gasteiger charge is -2.27. The van der Waals surface area contributed by atoms with E-state index in [-0.39, 0.29) is 6.10 Å². The zero-order valence-electron chi connectivity index (χ0n) is 22.3. The van der Waals surface area contributed by atoms with Crippen LogP contribution in [0.2, 0.25) is 0 Å². The molecule has 5 atom stereocenters. The van der Waals surface area contributed by atoms with Gasteiger partial charge in [-0.1, -0.05) is 78.6 Å². The van der Waals surface area contributed by atoms with Gasteiger partial charge in [-0.15, -0.1) is 0 Å². The summed E-state index contributed by atoms with van der Waals surface area (Å²) in [5.74, 6) is 0. The molecule has 8 nitrogen and oxygen atoms in total. The van der Waals surface area contributed by atoms with Crippen LogP contribution in [0.15, 0.2) is 21.9 Å². The Bertz CT molecular complexity index is 823. The van der Waals surface area contributed by atoms with Crippen LogP contribution in [0.1, 0.15) is 104 Å². The molecule has 35 heavy (non-hydrogen) atoms. The largest absolute Gasteiger partial charge is 0.386 e. The lowest BCUT2D eigenvalue weighted by molar-refractivity contribution is -0.102. The van der Waals surface area contributed by atoms with Gasteiger partial charge in [-0.25, -0.2) is 4.79 Å². The number of nitrogens with zero attached hydrogens (tertiary/aromatic N) is 2. The predicted octanol–water partition coefficient (Wildman–Crippen LogP) is 4.32. The molecule has 0 aliphatic carbocycles. The molecule has 202 valence electrons. The van der Waals surface area contributed by atoms with Gasteiger partial charge in [-0.3, -0.25) is 13.9 Å². The van der Waals surface area contributed by atoms with Crippen LogP contribution in [0, 0.1) is 0 Å². The number of unbranched alkanes of at least 4 members (excludes halogenated alkanes) is 7. The van der Waals surface area contributed by atoms with Gasteiger partial charge in [0.05, 0.1) is 12.7 Å². The maximum atomic E-state index is 12.7. The SMILES string of the molecule is CCCCCCCOCC1OC(n2ccc(=O)n(C)c2=O)C(O)C1OC(CCCC)CCCCC. The maximum absolute atomic E-state index is 12.7. The van der Waals surface area contributed by atoms with Crippen molar-refractivity contribution in [3.05, 3.63) is 33.1 Å². The van der Waals surface area contributed by atoms with Gasteiger partial charge in [-0.05, 0) is 19.3 Å². The molecule has 1 aromatic rings. The van der Waals surface area contributed by atoms with E-state index in [4.69, 9.17) is 14.2 Å². The minimum atomic E-state index is -1.04. The first-order chi connectivity index (χ1) is 16.9. The average molecular weight is 497 g/mol. The standard InChI is InChI=1S/C27H48N2O6/c1-5-8-11-12-14-19-33-20-22-25(34-21(15-10-7-3)16-13-9-6-2)24(31)26(35-22)29-18-17-23(30)28(4)27(29)32/h17-18,21-22,24-26,31H,5-16,19-20H2,1-4H3. The van der Waals surface area contributed by atoms with Gasteiger partial charge in [0.25, 0.3) is 5.56 Å². The van der Waals surface area contributed by atoms with E-state index in [1.165, 1.54) is 43.1 Å². The fourth-order valence-corrected chi connectivity index (χ4v) is 4.60. The Kier molecular flexibility index (Phi) is 13.9. The topological polar surface area (TPSA) is 91.9 Å². The average Bonchev–Trinajstić information content (AvgIpc) is 3.15. The molecule has 1 aliphatic heterocycles. The first-order valence-electron chi connectivity index (χ1n) is 13.8. The lowest BCUT2D eigenvalue weighted by Crippen LogP contribution is -2.43. The Hall–Kier alpha value is -1.48. The van der Waals surface area contributed by atoms with Crippen LogP contribution >= 0.6 is 0 Å². The molecule has 1 N–H and O–H groups in total. The highest BCUT2D eigenvalue weighted by molar-refractivity contribution is 4.95. The fraction of sp³-hybridized carbons (Fsp3) is 0.852. The molecule has 0 saturated carbocycles. The zero-order chi connectivity index (χ0) is 25.6. The third kappa shape index (κ3) is 9.16. The van der Waals surface area contributed by atoms with Gasteiger partial charge in [0.1, 0.15) is 18.3 Å². The van der Waals surface area contributed by atoms with Crippen LogP contribution < -0.4 is 11.2 Å².